The van der Waals surface area contributed by atoms with Crippen molar-refractivity contribution in [1.29, 1.82) is 0 Å². The average Bonchev–Trinajstić information content (AvgIpc) is 2.51. The minimum atomic E-state index is 0. The summed E-state index contributed by atoms with van der Waals surface area (Å²) in [5.74, 6) is 2.94. The van der Waals surface area contributed by atoms with Crippen LogP contribution in [0.15, 0.2) is 34.2 Å². The minimum Gasteiger partial charge on any atom is -0.496 e. The van der Waals surface area contributed by atoms with Crippen molar-refractivity contribution < 1.29 is 4.74 Å². The van der Waals surface area contributed by atoms with Crippen LogP contribution in [0.4, 0.5) is 0 Å². The third-order valence-electron chi connectivity index (χ3n) is 3.00. The van der Waals surface area contributed by atoms with E-state index >= 15 is 0 Å². The molecule has 1 unspecified atom stereocenters. The van der Waals surface area contributed by atoms with E-state index in [0.717, 1.165) is 37.4 Å². The molecule has 3 N–H and O–H groups in total. The number of nitrogens with one attached hydrogen (secondary N) is 1. The molecule has 22 heavy (non-hydrogen) atoms. The van der Waals surface area contributed by atoms with E-state index in [2.05, 4.69) is 30.2 Å². The Morgan fingerprint density at radius 3 is 2.82 bits per heavy atom. The Morgan fingerprint density at radius 2 is 2.14 bits per heavy atom. The van der Waals surface area contributed by atoms with Crippen LogP contribution in [0.5, 0.6) is 5.75 Å². The number of ether oxygens (including phenoxy) is 1. The number of nitrogens with zero attached hydrogens (tertiary/aromatic N) is 1. The third-order valence-corrected chi connectivity index (χ3v) is 4.39. The highest BCUT2D eigenvalue weighted by Crippen LogP contribution is 2.29. The monoisotopic (exact) mass is 437 g/mol. The van der Waals surface area contributed by atoms with Crippen LogP contribution in [0, 0.1) is 5.92 Å². The van der Waals surface area contributed by atoms with Crippen LogP contribution in [0.25, 0.3) is 0 Å². The lowest BCUT2D eigenvalue weighted by Crippen LogP contribution is -2.32. The zero-order chi connectivity index (χ0) is 15.5. The summed E-state index contributed by atoms with van der Waals surface area (Å²) in [5.41, 5.74) is 5.83. The zero-order valence-corrected chi connectivity index (χ0v) is 16.8. The van der Waals surface area contributed by atoms with Gasteiger partial charge < -0.3 is 15.8 Å². The van der Waals surface area contributed by atoms with Gasteiger partial charge in [0.05, 0.1) is 7.11 Å². The van der Waals surface area contributed by atoms with Crippen LogP contribution in [0.3, 0.4) is 0 Å². The molecular weight excluding hydrogens is 409 g/mol. The summed E-state index contributed by atoms with van der Waals surface area (Å²) in [6.07, 6.45) is 2.28. The Bertz CT molecular complexity index is 443. The first-order valence-electron chi connectivity index (χ1n) is 7.47. The summed E-state index contributed by atoms with van der Waals surface area (Å²) >= 11 is 1.80. The molecule has 1 aromatic rings. The molecule has 0 amide bonds. The number of methoxy groups -OCH3 is 1. The number of nitrogens with two attached hydrogens (primary N) is 1. The Hall–Kier alpha value is -0.630. The Morgan fingerprint density at radius 1 is 1.41 bits per heavy atom. The van der Waals surface area contributed by atoms with Gasteiger partial charge in [0, 0.05) is 23.7 Å². The van der Waals surface area contributed by atoms with Gasteiger partial charge in [0.2, 0.25) is 0 Å². The number of hydrogen-bond acceptors (Lipinski definition) is 3. The van der Waals surface area contributed by atoms with Crippen molar-refractivity contribution >= 4 is 41.7 Å². The molecule has 6 heteroatoms. The van der Waals surface area contributed by atoms with Gasteiger partial charge in [-0.15, -0.1) is 35.7 Å². The SMILES string of the molecule is CCCCNC(N)=NCC(C)CSc1ccccc1OC.I. The van der Waals surface area contributed by atoms with Crippen molar-refractivity contribution in [1.82, 2.24) is 5.32 Å². The summed E-state index contributed by atoms with van der Waals surface area (Å²) in [4.78, 5) is 5.56. The normalized spacial score (nSPS) is 12.4. The second-order valence-electron chi connectivity index (χ2n) is 5.07. The van der Waals surface area contributed by atoms with Gasteiger partial charge in [0.1, 0.15) is 5.75 Å². The third kappa shape index (κ3) is 8.73. The number of unbranched alkanes of at least 4 members (excludes halogenated alkanes) is 1. The molecule has 0 saturated heterocycles. The maximum atomic E-state index is 5.83. The molecule has 1 aromatic carbocycles. The molecule has 0 aromatic heterocycles. The lowest BCUT2D eigenvalue weighted by Gasteiger charge is -2.11. The number of hydrogen-bond donors (Lipinski definition) is 2. The first kappa shape index (κ1) is 21.4. The van der Waals surface area contributed by atoms with Gasteiger partial charge in [0.25, 0.3) is 0 Å². The number of para-hydroxylation sites is 1. The maximum absolute atomic E-state index is 5.83. The van der Waals surface area contributed by atoms with E-state index in [1.165, 1.54) is 4.90 Å². The van der Waals surface area contributed by atoms with Gasteiger partial charge >= 0.3 is 0 Å². The molecule has 0 fully saturated rings. The largest absolute Gasteiger partial charge is 0.496 e. The zero-order valence-electron chi connectivity index (χ0n) is 13.7. The van der Waals surface area contributed by atoms with E-state index in [4.69, 9.17) is 10.5 Å². The molecule has 4 nitrogen and oxygen atoms in total. The molecule has 126 valence electrons. The quantitative estimate of drug-likeness (QED) is 0.203. The van der Waals surface area contributed by atoms with E-state index in [9.17, 15) is 0 Å². The molecule has 0 radical (unpaired) electrons. The van der Waals surface area contributed by atoms with Gasteiger partial charge in [-0.2, -0.15) is 0 Å². The predicted octanol–water partition coefficient (Wildman–Crippen LogP) is 3.75. The van der Waals surface area contributed by atoms with E-state index < -0.39 is 0 Å². The first-order valence-corrected chi connectivity index (χ1v) is 8.45. The standard InChI is InChI=1S/C16H27N3OS.HI/c1-4-5-10-18-16(17)19-11-13(2)12-21-15-9-7-6-8-14(15)20-3;/h6-9,13H,4-5,10-12H2,1-3H3,(H3,17,18,19);1H. The van der Waals surface area contributed by atoms with Crippen LogP contribution in [0.1, 0.15) is 26.7 Å². The summed E-state index contributed by atoms with van der Waals surface area (Å²) in [6, 6.07) is 8.09. The van der Waals surface area contributed by atoms with Crippen molar-refractivity contribution in [2.75, 3.05) is 26.0 Å². The van der Waals surface area contributed by atoms with Crippen molar-refractivity contribution in [2.24, 2.45) is 16.6 Å². The van der Waals surface area contributed by atoms with E-state index in [-0.39, 0.29) is 24.0 Å². The van der Waals surface area contributed by atoms with E-state index in [0.29, 0.717) is 11.9 Å². The number of benzene rings is 1. The first-order chi connectivity index (χ1) is 10.2. The Balaban J connectivity index is 0.00000441. The fourth-order valence-electron chi connectivity index (χ4n) is 1.73. The van der Waals surface area contributed by atoms with Gasteiger partial charge in [-0.3, -0.25) is 4.99 Å². The highest BCUT2D eigenvalue weighted by atomic mass is 127. The summed E-state index contributed by atoms with van der Waals surface area (Å²) in [6.45, 7) is 5.99. The molecule has 0 aliphatic rings. The molecule has 0 aliphatic carbocycles. The topological polar surface area (TPSA) is 59.6 Å². The van der Waals surface area contributed by atoms with Crippen molar-refractivity contribution in [2.45, 2.75) is 31.6 Å². The van der Waals surface area contributed by atoms with Crippen LogP contribution in [-0.2, 0) is 0 Å². The van der Waals surface area contributed by atoms with E-state index in [1.807, 2.05) is 18.2 Å². The second kappa shape index (κ2) is 12.9. The average molecular weight is 437 g/mol. The van der Waals surface area contributed by atoms with Crippen molar-refractivity contribution in [3.8, 4) is 5.75 Å². The van der Waals surface area contributed by atoms with Gasteiger partial charge in [0.15, 0.2) is 5.96 Å². The highest BCUT2D eigenvalue weighted by molar-refractivity contribution is 14.0. The number of aliphatic imine (C=N–C) groups is 1. The number of thioether (sulfide) groups is 1. The number of rotatable bonds is 9. The summed E-state index contributed by atoms with van der Waals surface area (Å²) < 4.78 is 5.35. The fraction of sp³-hybridized carbons (Fsp3) is 0.562. The summed E-state index contributed by atoms with van der Waals surface area (Å²) in [5, 5.41) is 3.13. The molecule has 1 rings (SSSR count). The van der Waals surface area contributed by atoms with Crippen LogP contribution < -0.4 is 15.8 Å². The Labute approximate surface area is 155 Å². The van der Waals surface area contributed by atoms with E-state index in [1.54, 1.807) is 18.9 Å². The predicted molar refractivity (Wildman–Crippen MR) is 108 cm³/mol. The van der Waals surface area contributed by atoms with Gasteiger partial charge in [-0.1, -0.05) is 32.4 Å². The lowest BCUT2D eigenvalue weighted by atomic mass is 10.2. The fourth-order valence-corrected chi connectivity index (χ4v) is 2.76. The number of halogens is 1. The number of guanidine groups is 1. The van der Waals surface area contributed by atoms with Crippen LogP contribution >= 0.6 is 35.7 Å². The minimum absolute atomic E-state index is 0. The molecule has 0 aliphatic heterocycles. The van der Waals surface area contributed by atoms with Crippen molar-refractivity contribution in [3.63, 3.8) is 0 Å². The lowest BCUT2D eigenvalue weighted by molar-refractivity contribution is 0.405. The van der Waals surface area contributed by atoms with Crippen LogP contribution in [0.2, 0.25) is 0 Å². The second-order valence-corrected chi connectivity index (χ2v) is 6.14. The van der Waals surface area contributed by atoms with Gasteiger partial charge in [-0.05, 0) is 24.5 Å². The Kier molecular flexibility index (Phi) is 12.5. The molecule has 1 atom stereocenters. The van der Waals surface area contributed by atoms with Crippen molar-refractivity contribution in [3.05, 3.63) is 24.3 Å². The highest BCUT2D eigenvalue weighted by Gasteiger charge is 2.06. The van der Waals surface area contributed by atoms with Gasteiger partial charge in [-0.25, -0.2) is 0 Å². The smallest absolute Gasteiger partial charge is 0.188 e. The molecule has 0 spiro atoms. The molecule has 0 heterocycles. The molecule has 0 saturated carbocycles. The molecule has 0 bridgehead atoms. The summed E-state index contributed by atoms with van der Waals surface area (Å²) in [7, 11) is 1.70. The van der Waals surface area contributed by atoms with Crippen LogP contribution in [-0.4, -0.2) is 31.9 Å². The maximum Gasteiger partial charge on any atom is 0.188 e. The molecular formula is C16H28IN3OS.